The van der Waals surface area contributed by atoms with E-state index in [1.54, 1.807) is 4.90 Å². The van der Waals surface area contributed by atoms with Crippen LogP contribution in [0.2, 0.25) is 0 Å². The summed E-state index contributed by atoms with van der Waals surface area (Å²) in [7, 11) is 0. The van der Waals surface area contributed by atoms with E-state index in [0.717, 1.165) is 25.4 Å². The van der Waals surface area contributed by atoms with Gasteiger partial charge < -0.3 is 9.64 Å². The Bertz CT molecular complexity index is 567. The van der Waals surface area contributed by atoms with Crippen molar-refractivity contribution < 1.29 is 9.64 Å². The summed E-state index contributed by atoms with van der Waals surface area (Å²) >= 11 is 2.31. The average Bonchev–Trinajstić information content (AvgIpc) is 2.49. The maximum absolute atomic E-state index is 5.83. The van der Waals surface area contributed by atoms with E-state index in [1.165, 1.54) is 27.7 Å². The molecule has 3 heteroatoms. The number of fused-ring (bicyclic) bond motifs is 1. The molecule has 2 nitrogen and oxygen atoms in total. The molecule has 20 heavy (non-hydrogen) atoms. The molecule has 104 valence electrons. The molecule has 2 aromatic carbocycles. The third kappa shape index (κ3) is 3.52. The Kier molecular flexibility index (Phi) is 4.58. The van der Waals surface area contributed by atoms with Gasteiger partial charge in [0.2, 0.25) is 0 Å². The molecule has 0 aliphatic carbocycles. The topological polar surface area (TPSA) is 13.7 Å². The van der Waals surface area contributed by atoms with Gasteiger partial charge in [0.1, 0.15) is 25.4 Å². The Labute approximate surface area is 133 Å². The highest BCUT2D eigenvalue weighted by Crippen LogP contribution is 2.13. The van der Waals surface area contributed by atoms with Crippen LogP contribution in [0.5, 0.6) is 5.75 Å². The molecule has 0 aromatic heterocycles. The van der Waals surface area contributed by atoms with E-state index in [2.05, 4.69) is 59.0 Å². The van der Waals surface area contributed by atoms with Crippen LogP contribution in [0.15, 0.2) is 48.5 Å². The van der Waals surface area contributed by atoms with Crippen molar-refractivity contribution in [1.29, 1.82) is 0 Å². The van der Waals surface area contributed by atoms with Gasteiger partial charge in [0.05, 0.1) is 6.54 Å². The number of hydrogen-bond acceptors (Lipinski definition) is 1. The first kappa shape index (κ1) is 13.9. The highest BCUT2D eigenvalue weighted by atomic mass is 127. The van der Waals surface area contributed by atoms with Crippen molar-refractivity contribution in [1.82, 2.24) is 0 Å². The summed E-state index contributed by atoms with van der Waals surface area (Å²) in [5.74, 6) is 0.974. The van der Waals surface area contributed by atoms with Gasteiger partial charge in [-0.2, -0.15) is 0 Å². The predicted molar refractivity (Wildman–Crippen MR) is 89.2 cm³/mol. The van der Waals surface area contributed by atoms with Crippen LogP contribution in [0.1, 0.15) is 11.1 Å². The van der Waals surface area contributed by atoms with Gasteiger partial charge in [-0.1, -0.05) is 24.3 Å². The standard InChI is InChI=1S/C17H18INO/c18-16-5-7-17(8-6-16)20-12-11-19-10-9-14-3-1-2-4-15(14)13-19/h1-8H,9-13H2/p+1. The second-order valence-electron chi connectivity index (χ2n) is 5.25. The minimum absolute atomic E-state index is 0.790. The predicted octanol–water partition coefficient (Wildman–Crippen LogP) is 2.31. The fraction of sp³-hybridized carbons (Fsp3) is 0.294. The van der Waals surface area contributed by atoms with Crippen molar-refractivity contribution >= 4 is 22.6 Å². The third-order valence-corrected chi connectivity index (χ3v) is 4.56. The third-order valence-electron chi connectivity index (χ3n) is 3.84. The molecule has 0 saturated carbocycles. The number of benzene rings is 2. The fourth-order valence-corrected chi connectivity index (χ4v) is 3.06. The van der Waals surface area contributed by atoms with Crippen molar-refractivity contribution in [2.24, 2.45) is 0 Å². The summed E-state index contributed by atoms with van der Waals surface area (Å²) in [6.45, 7) is 4.21. The van der Waals surface area contributed by atoms with Crippen LogP contribution in [-0.2, 0) is 13.0 Å². The monoisotopic (exact) mass is 380 g/mol. The molecule has 1 heterocycles. The second-order valence-corrected chi connectivity index (χ2v) is 6.49. The Morgan fingerprint density at radius 2 is 1.75 bits per heavy atom. The lowest BCUT2D eigenvalue weighted by molar-refractivity contribution is -0.915. The number of nitrogens with one attached hydrogen (secondary N) is 1. The van der Waals surface area contributed by atoms with Gasteiger partial charge in [-0.3, -0.25) is 0 Å². The zero-order valence-electron chi connectivity index (χ0n) is 11.4. The number of rotatable bonds is 4. The second kappa shape index (κ2) is 6.59. The van der Waals surface area contributed by atoms with Crippen LogP contribution >= 0.6 is 22.6 Å². The molecule has 0 radical (unpaired) electrons. The van der Waals surface area contributed by atoms with Crippen molar-refractivity contribution in [2.75, 3.05) is 19.7 Å². The van der Waals surface area contributed by atoms with Crippen LogP contribution in [0.4, 0.5) is 0 Å². The van der Waals surface area contributed by atoms with Gasteiger partial charge in [-0.25, -0.2) is 0 Å². The Hall–Kier alpha value is -1.07. The highest BCUT2D eigenvalue weighted by Gasteiger charge is 2.18. The molecule has 1 aliphatic heterocycles. The summed E-state index contributed by atoms with van der Waals surface area (Å²) in [4.78, 5) is 1.62. The molecule has 0 fully saturated rings. The van der Waals surface area contributed by atoms with Gasteiger partial charge >= 0.3 is 0 Å². The van der Waals surface area contributed by atoms with Gasteiger partial charge in [0.25, 0.3) is 0 Å². The lowest BCUT2D eigenvalue weighted by Gasteiger charge is -2.25. The SMILES string of the molecule is Ic1ccc(OCC[NH+]2CCc3ccccc3C2)cc1. The van der Waals surface area contributed by atoms with E-state index in [-0.39, 0.29) is 0 Å². The lowest BCUT2D eigenvalue weighted by Crippen LogP contribution is -3.12. The quantitative estimate of drug-likeness (QED) is 0.804. The zero-order valence-corrected chi connectivity index (χ0v) is 13.6. The smallest absolute Gasteiger partial charge is 0.137 e. The lowest BCUT2D eigenvalue weighted by atomic mass is 10.0. The number of hydrogen-bond donors (Lipinski definition) is 1. The van der Waals surface area contributed by atoms with Crippen molar-refractivity contribution in [3.8, 4) is 5.75 Å². The molecule has 2 aromatic rings. The maximum Gasteiger partial charge on any atom is 0.137 e. The molecule has 0 amide bonds. The van der Waals surface area contributed by atoms with Gasteiger partial charge in [0, 0.05) is 15.6 Å². The number of quaternary nitrogens is 1. The molecule has 1 N–H and O–H groups in total. The summed E-state index contributed by atoms with van der Waals surface area (Å²) in [6, 6.07) is 17.1. The first-order valence-corrected chi connectivity index (χ1v) is 8.18. The van der Waals surface area contributed by atoms with E-state index >= 15 is 0 Å². The van der Waals surface area contributed by atoms with E-state index in [0.29, 0.717) is 0 Å². The minimum Gasteiger partial charge on any atom is -0.488 e. The molecule has 1 atom stereocenters. The van der Waals surface area contributed by atoms with Crippen LogP contribution in [0.25, 0.3) is 0 Å². The van der Waals surface area contributed by atoms with Gasteiger partial charge in [-0.05, 0) is 52.4 Å². The minimum atomic E-state index is 0.790. The van der Waals surface area contributed by atoms with Crippen LogP contribution in [0.3, 0.4) is 0 Å². The average molecular weight is 380 g/mol. The zero-order chi connectivity index (χ0) is 13.8. The Morgan fingerprint density at radius 3 is 2.55 bits per heavy atom. The summed E-state index contributed by atoms with van der Waals surface area (Å²) in [5, 5.41) is 0. The molecule has 1 unspecified atom stereocenters. The van der Waals surface area contributed by atoms with Crippen LogP contribution in [0, 0.1) is 3.57 Å². The molecule has 0 spiro atoms. The van der Waals surface area contributed by atoms with E-state index < -0.39 is 0 Å². The normalized spacial score (nSPS) is 17.6. The Balaban J connectivity index is 1.49. The Morgan fingerprint density at radius 1 is 1.00 bits per heavy atom. The van der Waals surface area contributed by atoms with Crippen molar-refractivity contribution in [2.45, 2.75) is 13.0 Å². The van der Waals surface area contributed by atoms with E-state index in [1.807, 2.05) is 12.1 Å². The molecular weight excluding hydrogens is 361 g/mol. The summed E-state index contributed by atoms with van der Waals surface area (Å²) < 4.78 is 7.07. The first-order valence-electron chi connectivity index (χ1n) is 7.10. The maximum atomic E-state index is 5.83. The molecule has 1 aliphatic rings. The van der Waals surface area contributed by atoms with Crippen LogP contribution < -0.4 is 9.64 Å². The van der Waals surface area contributed by atoms with E-state index in [4.69, 9.17) is 4.74 Å². The van der Waals surface area contributed by atoms with Crippen LogP contribution in [-0.4, -0.2) is 19.7 Å². The largest absolute Gasteiger partial charge is 0.488 e. The number of ether oxygens (including phenoxy) is 1. The van der Waals surface area contributed by atoms with Crippen molar-refractivity contribution in [3.63, 3.8) is 0 Å². The molecule has 0 saturated heterocycles. The molecule has 0 bridgehead atoms. The number of halogens is 1. The fourth-order valence-electron chi connectivity index (χ4n) is 2.70. The molecule has 3 rings (SSSR count). The summed E-state index contributed by atoms with van der Waals surface area (Å²) in [6.07, 6.45) is 1.19. The van der Waals surface area contributed by atoms with Crippen molar-refractivity contribution in [3.05, 3.63) is 63.2 Å². The first-order chi connectivity index (χ1) is 9.81. The highest BCUT2D eigenvalue weighted by molar-refractivity contribution is 14.1. The summed E-state index contributed by atoms with van der Waals surface area (Å²) in [5.41, 5.74) is 3.03. The van der Waals surface area contributed by atoms with E-state index in [9.17, 15) is 0 Å². The van der Waals surface area contributed by atoms with Gasteiger partial charge in [-0.15, -0.1) is 0 Å². The van der Waals surface area contributed by atoms with Gasteiger partial charge in [0.15, 0.2) is 0 Å². The molecular formula is C17H19INO+.